The average Bonchev–Trinajstić information content (AvgIpc) is 1.64. The first kappa shape index (κ1) is 73.8. The van der Waals surface area contributed by atoms with Crippen molar-refractivity contribution in [1.82, 2.24) is 0 Å². The van der Waals surface area contributed by atoms with Crippen molar-refractivity contribution in [3.63, 3.8) is 0 Å². The van der Waals surface area contributed by atoms with Gasteiger partial charge in [-0.25, -0.2) is 0 Å². The molecule has 14 bridgehead atoms. The van der Waals surface area contributed by atoms with E-state index in [0.717, 1.165) is 6.42 Å². The van der Waals surface area contributed by atoms with Crippen LogP contribution in [-0.4, -0.2) is 0 Å². The molecule has 0 saturated carbocycles. The van der Waals surface area contributed by atoms with E-state index >= 15 is 0 Å². The minimum atomic E-state index is 0.155. The Morgan fingerprint density at radius 3 is 0.489 bits per heavy atom. The van der Waals surface area contributed by atoms with E-state index in [0.29, 0.717) is 11.8 Å². The Morgan fingerprint density at radius 2 is 0.298 bits per heavy atom. The van der Waals surface area contributed by atoms with E-state index in [1.54, 1.807) is 89.0 Å². The second-order valence-electron chi connectivity index (χ2n) is 40.3. The van der Waals surface area contributed by atoms with Gasteiger partial charge in [0, 0.05) is 88.8 Å². The molecule has 131 heavy (non-hydrogen) atoms. The molecular formula is C131H96. The van der Waals surface area contributed by atoms with E-state index in [-0.39, 0.29) is 82.9 Å². The Labute approximate surface area is 767 Å². The van der Waals surface area contributed by atoms with E-state index in [1.807, 2.05) is 0 Å². The van der Waals surface area contributed by atoms with Crippen LogP contribution >= 0.6 is 0 Å². The second kappa shape index (κ2) is 26.8. The third-order valence-corrected chi connectivity index (χ3v) is 35.4. The van der Waals surface area contributed by atoms with Gasteiger partial charge in [0.05, 0.1) is 0 Å². The molecular weight excluding hydrogens is 1570 g/mol. The molecule has 0 spiro atoms. The molecule has 17 aromatic carbocycles. The van der Waals surface area contributed by atoms with Gasteiger partial charge in [0.2, 0.25) is 0 Å². The molecule has 0 amide bonds. The van der Waals surface area contributed by atoms with Gasteiger partial charge in [-0.3, -0.25) is 0 Å². The van der Waals surface area contributed by atoms with E-state index in [1.165, 1.54) is 177 Å². The minimum Gasteiger partial charge on any atom is -0.0832 e. The first-order chi connectivity index (χ1) is 64.9. The monoisotopic (exact) mass is 1670 g/mol. The van der Waals surface area contributed by atoms with E-state index < -0.39 is 0 Å². The molecule has 2 atom stereocenters. The van der Waals surface area contributed by atoms with Gasteiger partial charge in [0.25, 0.3) is 0 Å². The predicted octanol–water partition coefficient (Wildman–Crippen LogP) is 28.9. The van der Waals surface area contributed by atoms with Crippen molar-refractivity contribution < 1.29 is 0 Å². The lowest BCUT2D eigenvalue weighted by Crippen LogP contribution is -2.46. The van der Waals surface area contributed by atoms with Crippen molar-refractivity contribution >= 4 is 12.2 Å². The summed E-state index contributed by atoms with van der Waals surface area (Å²) >= 11 is 0. The molecule has 0 aromatic heterocycles. The van der Waals surface area contributed by atoms with Crippen LogP contribution in [0.5, 0.6) is 0 Å². The maximum absolute atomic E-state index is 2.71. The zero-order valence-electron chi connectivity index (χ0n) is 74.6. The topological polar surface area (TPSA) is 0 Å². The largest absolute Gasteiger partial charge is 0.0832 e. The molecule has 0 nitrogen and oxygen atoms in total. The molecule has 22 aliphatic carbocycles. The summed E-state index contributed by atoms with van der Waals surface area (Å²) in [5.41, 5.74) is 71.5. The number of hydrogen-bond acceptors (Lipinski definition) is 0. The Kier molecular flexibility index (Phi) is 15.1. The first-order valence-corrected chi connectivity index (χ1v) is 48.7. The predicted molar refractivity (Wildman–Crippen MR) is 531 cm³/mol. The third kappa shape index (κ3) is 9.05. The second-order valence-corrected chi connectivity index (χ2v) is 40.3. The number of benzene rings is 17. The summed E-state index contributed by atoms with van der Waals surface area (Å²) in [6.07, 6.45) is 10.4. The Bertz CT molecular complexity index is 7740. The van der Waals surface area contributed by atoms with Gasteiger partial charge in [-0.15, -0.1) is 0 Å². The van der Waals surface area contributed by atoms with Crippen LogP contribution in [-0.2, 0) is 6.42 Å². The summed E-state index contributed by atoms with van der Waals surface area (Å²) in [5.74, 6) is 3.81. The van der Waals surface area contributed by atoms with Gasteiger partial charge in [0.1, 0.15) is 0 Å². The average molecular weight is 1670 g/mol. The number of allylic oxidation sites excluding steroid dienone is 4. The maximum Gasteiger partial charge on any atom is 0.0355 e. The van der Waals surface area contributed by atoms with Crippen molar-refractivity contribution in [3.05, 3.63) is 618 Å². The van der Waals surface area contributed by atoms with Crippen molar-refractivity contribution in [2.75, 3.05) is 0 Å². The fourth-order valence-corrected chi connectivity index (χ4v) is 31.5. The lowest BCUT2D eigenvalue weighted by atomic mass is 9.51. The Balaban J connectivity index is 0.000000117. The van der Waals surface area contributed by atoms with E-state index in [2.05, 4.69) is 406 Å². The minimum absolute atomic E-state index is 0.155. The van der Waals surface area contributed by atoms with Crippen molar-refractivity contribution in [1.29, 1.82) is 0 Å². The van der Waals surface area contributed by atoms with Crippen LogP contribution in [0.1, 0.15) is 381 Å². The number of fused-ring (bicyclic) bond motifs is 3. The Morgan fingerprint density at radius 1 is 0.153 bits per heavy atom. The molecule has 0 fully saturated rings. The summed E-state index contributed by atoms with van der Waals surface area (Å²) in [6, 6.07) is 132. The standard InChI is InChI=1S/C73H50.C38H28.C20H18/c1-36-35-54-56(68-60-44-25-9-15-31-50(44)64(51-32-16-10-26-45(51)60)72(68)70-62-40-21-5-3-19-38(40)58(66(54)70)39-20-4-6-22-41(39)62)37(2)57-55(36)67-59-42-23-7-13-29-48(42)63(49-30-14-8-24-43(49)59)71(67)73-65-52-33-17-11-27-46(52)61(69(57)73)47-28-12-18-34-53(47)65;1-3-21-22(4-2)36-32-25-15-7-11-19-29(25)34(30-20-12-8-16-26(30)32)38(36)37-33-27-17-9-5-13-23(27)31(35(21)37)24-14-6-10-18-28(24)33;1-3-13-14(4-2)20-17-11-7-5-9-15(17)19(13)16-10-6-8-12-18(16)20/h3-34,36-37,58-65H,35H2,1-2H3;3-20,31-34H,1-2H3;3-12,19-20H,1-2H3/b;21-3+,22-4+;13-3+,14-4?. The van der Waals surface area contributed by atoms with Gasteiger partial charge in [-0.1, -0.05) is 378 Å². The van der Waals surface area contributed by atoms with Crippen LogP contribution in [0.2, 0.25) is 0 Å². The molecule has 0 radical (unpaired) electrons. The number of rotatable bonds is 0. The fraction of sp³-hybridized carbons (Fsp3) is 0.176. The highest BCUT2D eigenvalue weighted by molar-refractivity contribution is 5.87. The van der Waals surface area contributed by atoms with Crippen LogP contribution in [0.15, 0.2) is 363 Å². The van der Waals surface area contributed by atoms with Gasteiger partial charge in [0.15, 0.2) is 0 Å². The zero-order chi connectivity index (χ0) is 86.1. The van der Waals surface area contributed by atoms with Crippen molar-refractivity contribution in [2.24, 2.45) is 0 Å². The SMILES string of the molecule is C/C=c1/c2c(c3c(/c1=C/C)C1c4ccccc4C3c3ccccc31)C1c3ccccc3C2c2ccccc21.CC1Cc2c(c3c(c4c2C2c5ccccc5C4c4ccccc42)C2c4ccccc4C3c3ccccc32)C(C)c2c1c1c(c3c2C2c4ccccc4C3c3ccccc32)C2c3ccccc3C1c1ccccc12.CC=C1/C(=C\C)C2c3ccccc3C1c1ccccc12. The van der Waals surface area contributed by atoms with Crippen LogP contribution < -0.4 is 10.4 Å². The quantitative estimate of drug-likeness (QED) is 0.142. The third-order valence-electron chi connectivity index (χ3n) is 35.4. The summed E-state index contributed by atoms with van der Waals surface area (Å²) in [4.78, 5) is 0. The molecule has 0 aliphatic heterocycles. The maximum atomic E-state index is 2.71. The molecule has 17 aromatic rings. The van der Waals surface area contributed by atoms with Gasteiger partial charge < -0.3 is 0 Å². The smallest absolute Gasteiger partial charge is 0.0355 e. The lowest BCUT2D eigenvalue weighted by molar-refractivity contribution is 0.650. The van der Waals surface area contributed by atoms with E-state index in [4.69, 9.17) is 0 Å². The highest BCUT2D eigenvalue weighted by Gasteiger charge is 2.58. The fourth-order valence-electron chi connectivity index (χ4n) is 31.5. The summed E-state index contributed by atoms with van der Waals surface area (Å²) in [6.45, 7) is 14.2. The van der Waals surface area contributed by atoms with Gasteiger partial charge in [-0.2, -0.15) is 0 Å². The van der Waals surface area contributed by atoms with Crippen LogP contribution in [0.3, 0.4) is 0 Å². The van der Waals surface area contributed by atoms with Gasteiger partial charge >= 0.3 is 0 Å². The molecule has 0 heterocycles. The molecule has 620 valence electrons. The van der Waals surface area contributed by atoms with Crippen LogP contribution in [0.25, 0.3) is 12.2 Å². The number of hydrogen-bond donors (Lipinski definition) is 0. The van der Waals surface area contributed by atoms with Crippen molar-refractivity contribution in [2.45, 2.75) is 143 Å². The molecule has 39 rings (SSSR count). The van der Waals surface area contributed by atoms with Crippen LogP contribution in [0, 0.1) is 0 Å². The summed E-state index contributed by atoms with van der Waals surface area (Å²) in [7, 11) is 0. The molecule has 0 N–H and O–H groups in total. The van der Waals surface area contributed by atoms with Crippen molar-refractivity contribution in [3.8, 4) is 0 Å². The molecule has 2 unspecified atom stereocenters. The van der Waals surface area contributed by atoms with E-state index in [9.17, 15) is 0 Å². The molecule has 0 heteroatoms. The summed E-state index contributed by atoms with van der Waals surface area (Å²) in [5, 5.41) is 2.89. The van der Waals surface area contributed by atoms with Gasteiger partial charge in [-0.05, 0) is 306 Å². The lowest BCUT2D eigenvalue weighted by Gasteiger charge is -2.52. The highest BCUT2D eigenvalue weighted by atomic mass is 14.6. The summed E-state index contributed by atoms with van der Waals surface area (Å²) < 4.78 is 0. The molecule has 0 saturated heterocycles. The zero-order valence-corrected chi connectivity index (χ0v) is 74.6. The molecule has 22 aliphatic rings. The van der Waals surface area contributed by atoms with Crippen LogP contribution in [0.4, 0.5) is 0 Å². The Hall–Kier alpha value is -14.0. The normalized spacial score (nSPS) is 25.1. The first-order valence-electron chi connectivity index (χ1n) is 48.7. The highest BCUT2D eigenvalue weighted by Crippen LogP contribution is 2.73.